The molecule has 0 bridgehead atoms. The van der Waals surface area contributed by atoms with Gasteiger partial charge in [-0.3, -0.25) is 4.79 Å². The molecule has 1 aromatic heterocycles. The maximum atomic E-state index is 13.7. The van der Waals surface area contributed by atoms with Crippen LogP contribution in [-0.4, -0.2) is 21.8 Å². The van der Waals surface area contributed by atoms with Crippen molar-refractivity contribution in [3.63, 3.8) is 0 Å². The third-order valence-electron chi connectivity index (χ3n) is 2.63. The van der Waals surface area contributed by atoms with Gasteiger partial charge in [0.05, 0.1) is 5.52 Å². The van der Waals surface area contributed by atoms with Crippen LogP contribution in [0.15, 0.2) is 29.2 Å². The van der Waals surface area contributed by atoms with Crippen molar-refractivity contribution in [3.8, 4) is 0 Å². The van der Waals surface area contributed by atoms with Crippen molar-refractivity contribution in [1.82, 2.24) is 4.57 Å². The summed E-state index contributed by atoms with van der Waals surface area (Å²) < 4.78 is 51.4. The van der Waals surface area contributed by atoms with E-state index in [1.165, 1.54) is 0 Å². The van der Waals surface area contributed by atoms with E-state index in [1.54, 1.807) is 0 Å². The summed E-state index contributed by atoms with van der Waals surface area (Å²) in [7, 11) is 0. The number of halogens is 4. The molecule has 2 rings (SSSR count). The third kappa shape index (κ3) is 2.49. The Labute approximate surface area is 108 Å². The number of alkyl halides is 3. The molecule has 106 valence electrons. The Morgan fingerprint density at radius 3 is 2.50 bits per heavy atom. The number of rotatable bonds is 2. The number of pyridine rings is 1. The second-order valence-corrected chi connectivity index (χ2v) is 4.06. The van der Waals surface area contributed by atoms with E-state index in [9.17, 15) is 27.2 Å². The summed E-state index contributed by atoms with van der Waals surface area (Å²) in [5, 5.41) is 8.42. The molecule has 8 heteroatoms. The summed E-state index contributed by atoms with van der Waals surface area (Å²) in [5.74, 6) is -2.70. The van der Waals surface area contributed by atoms with E-state index in [1.807, 2.05) is 0 Å². The number of hydrogen-bond acceptors (Lipinski definition) is 2. The molecule has 2 aromatic rings. The van der Waals surface area contributed by atoms with E-state index in [4.69, 9.17) is 5.11 Å². The predicted octanol–water partition coefficient (Wildman–Crippen LogP) is 2.40. The summed E-state index contributed by atoms with van der Waals surface area (Å²) in [4.78, 5) is 22.7. The molecule has 0 atom stereocenters. The van der Waals surface area contributed by atoms with Crippen LogP contribution in [0.25, 0.3) is 10.9 Å². The van der Waals surface area contributed by atoms with Gasteiger partial charge >= 0.3 is 12.1 Å². The van der Waals surface area contributed by atoms with Crippen LogP contribution in [0.5, 0.6) is 0 Å². The lowest BCUT2D eigenvalue weighted by Crippen LogP contribution is -2.24. The zero-order valence-electron chi connectivity index (χ0n) is 9.74. The second kappa shape index (κ2) is 4.62. The third-order valence-corrected chi connectivity index (χ3v) is 2.63. The van der Waals surface area contributed by atoms with Gasteiger partial charge in [0.25, 0.3) is 0 Å². The summed E-state index contributed by atoms with van der Waals surface area (Å²) in [6.07, 6.45) is -4.18. The number of carboxylic acids is 1. The van der Waals surface area contributed by atoms with Crippen LogP contribution in [0.2, 0.25) is 0 Å². The van der Waals surface area contributed by atoms with Gasteiger partial charge in [0, 0.05) is 11.6 Å². The molecule has 1 heterocycles. The van der Waals surface area contributed by atoms with Crippen LogP contribution in [-0.2, 0) is 6.54 Å². The van der Waals surface area contributed by atoms with Gasteiger partial charge in [-0.15, -0.1) is 0 Å². The van der Waals surface area contributed by atoms with Gasteiger partial charge < -0.3 is 9.67 Å². The molecule has 0 aliphatic rings. The number of aromatic carboxylic acids is 1. The molecule has 0 amide bonds. The highest BCUT2D eigenvalue weighted by atomic mass is 19.4. The number of para-hydroxylation sites is 1. The van der Waals surface area contributed by atoms with Crippen LogP contribution in [0, 0.1) is 5.82 Å². The fourth-order valence-corrected chi connectivity index (χ4v) is 1.88. The molecule has 0 spiro atoms. The van der Waals surface area contributed by atoms with E-state index in [0.29, 0.717) is 10.8 Å². The molecular weight excluding hydrogens is 282 g/mol. The number of aromatic nitrogens is 1. The first kappa shape index (κ1) is 14.0. The van der Waals surface area contributed by atoms with Crippen molar-refractivity contribution in [2.45, 2.75) is 12.7 Å². The minimum atomic E-state index is -4.68. The van der Waals surface area contributed by atoms with E-state index >= 15 is 0 Å². The maximum Gasteiger partial charge on any atom is 0.406 e. The molecular formula is C12H7F4NO3. The molecule has 0 aliphatic heterocycles. The van der Waals surface area contributed by atoms with E-state index in [0.717, 1.165) is 18.2 Å². The van der Waals surface area contributed by atoms with Crippen molar-refractivity contribution in [2.75, 3.05) is 0 Å². The van der Waals surface area contributed by atoms with Gasteiger partial charge in [0.1, 0.15) is 17.9 Å². The van der Waals surface area contributed by atoms with Crippen molar-refractivity contribution in [3.05, 3.63) is 46.0 Å². The zero-order chi connectivity index (χ0) is 15.1. The number of fused-ring (bicyclic) bond motifs is 1. The summed E-state index contributed by atoms with van der Waals surface area (Å²) in [6, 6.07) is 3.11. The van der Waals surface area contributed by atoms with E-state index in [2.05, 4.69) is 0 Å². The number of carboxylic acid groups (broad SMARTS) is 1. The van der Waals surface area contributed by atoms with Gasteiger partial charge in [-0.2, -0.15) is 13.2 Å². The molecule has 0 fully saturated rings. The maximum absolute atomic E-state index is 13.7. The average molecular weight is 289 g/mol. The fraction of sp³-hybridized carbons (Fsp3) is 0.167. The molecule has 4 nitrogen and oxygen atoms in total. The largest absolute Gasteiger partial charge is 0.477 e. The summed E-state index contributed by atoms with van der Waals surface area (Å²) in [5.41, 5.74) is -2.43. The number of benzene rings is 1. The van der Waals surface area contributed by atoms with Crippen molar-refractivity contribution in [1.29, 1.82) is 0 Å². The lowest BCUT2D eigenvalue weighted by atomic mass is 10.1. The van der Waals surface area contributed by atoms with Gasteiger partial charge in [-0.25, -0.2) is 9.18 Å². The SMILES string of the molecule is O=C(O)c1cn(CC(F)(F)F)c2c(F)cccc2c1=O. The molecule has 20 heavy (non-hydrogen) atoms. The zero-order valence-corrected chi connectivity index (χ0v) is 9.74. The van der Waals surface area contributed by atoms with Crippen molar-refractivity contribution < 1.29 is 27.5 Å². The Bertz CT molecular complexity index is 749. The molecule has 1 aromatic carbocycles. The van der Waals surface area contributed by atoms with Gasteiger partial charge in [-0.05, 0) is 12.1 Å². The Morgan fingerprint density at radius 2 is 1.95 bits per heavy atom. The van der Waals surface area contributed by atoms with Gasteiger partial charge in [-0.1, -0.05) is 6.07 Å². The highest BCUT2D eigenvalue weighted by Gasteiger charge is 2.29. The Morgan fingerprint density at radius 1 is 1.30 bits per heavy atom. The molecule has 0 saturated carbocycles. The molecule has 0 saturated heterocycles. The molecule has 0 aliphatic carbocycles. The smallest absolute Gasteiger partial charge is 0.406 e. The van der Waals surface area contributed by atoms with Gasteiger partial charge in [0.2, 0.25) is 5.43 Å². The fourth-order valence-electron chi connectivity index (χ4n) is 1.88. The monoisotopic (exact) mass is 289 g/mol. The van der Waals surface area contributed by atoms with Crippen molar-refractivity contribution in [2.24, 2.45) is 0 Å². The number of nitrogens with zero attached hydrogens (tertiary/aromatic N) is 1. The van der Waals surface area contributed by atoms with Crippen LogP contribution >= 0.6 is 0 Å². The molecule has 0 radical (unpaired) electrons. The van der Waals surface area contributed by atoms with Crippen LogP contribution in [0.4, 0.5) is 17.6 Å². The number of hydrogen-bond donors (Lipinski definition) is 1. The second-order valence-electron chi connectivity index (χ2n) is 4.06. The summed E-state index contributed by atoms with van der Waals surface area (Å²) >= 11 is 0. The van der Waals surface area contributed by atoms with Crippen LogP contribution in [0.3, 0.4) is 0 Å². The van der Waals surface area contributed by atoms with E-state index < -0.39 is 46.4 Å². The quantitative estimate of drug-likeness (QED) is 0.864. The molecule has 1 N–H and O–H groups in total. The topological polar surface area (TPSA) is 59.3 Å². The standard InChI is InChI=1S/C12H7F4NO3/c13-8-3-1-2-6-9(8)17(5-12(14,15)16)4-7(10(6)18)11(19)20/h1-4H,5H2,(H,19,20). The highest BCUT2D eigenvalue weighted by molar-refractivity contribution is 5.92. The first-order valence-corrected chi connectivity index (χ1v) is 5.32. The Kier molecular flexibility index (Phi) is 3.24. The average Bonchev–Trinajstić information content (AvgIpc) is 2.30. The Hall–Kier alpha value is -2.38. The highest BCUT2D eigenvalue weighted by Crippen LogP contribution is 2.22. The lowest BCUT2D eigenvalue weighted by Gasteiger charge is -2.14. The lowest BCUT2D eigenvalue weighted by molar-refractivity contribution is -0.140. The normalized spacial score (nSPS) is 11.8. The predicted molar refractivity (Wildman–Crippen MR) is 61.2 cm³/mol. The molecule has 0 unspecified atom stereocenters. The van der Waals surface area contributed by atoms with E-state index in [-0.39, 0.29) is 0 Å². The Balaban J connectivity index is 2.87. The van der Waals surface area contributed by atoms with Crippen LogP contribution in [0.1, 0.15) is 10.4 Å². The van der Waals surface area contributed by atoms with Gasteiger partial charge in [0.15, 0.2) is 0 Å². The first-order chi connectivity index (χ1) is 9.20. The van der Waals surface area contributed by atoms with Crippen LogP contribution < -0.4 is 5.43 Å². The first-order valence-electron chi connectivity index (χ1n) is 5.32. The summed E-state index contributed by atoms with van der Waals surface area (Å²) in [6.45, 7) is -1.59. The minimum absolute atomic E-state index is 0.384. The number of carbonyl (C=O) groups is 1. The minimum Gasteiger partial charge on any atom is -0.477 e. The van der Waals surface area contributed by atoms with Crippen molar-refractivity contribution >= 4 is 16.9 Å².